The Bertz CT molecular complexity index is 1840. The van der Waals surface area contributed by atoms with Crippen molar-refractivity contribution in [1.29, 1.82) is 0 Å². The number of hydrogen-bond donors (Lipinski definition) is 3. The third-order valence-corrected chi connectivity index (χ3v) is 9.38. The van der Waals surface area contributed by atoms with Crippen molar-refractivity contribution >= 4 is 22.6 Å². The normalized spacial score (nSPS) is 19.0. The van der Waals surface area contributed by atoms with Gasteiger partial charge in [0.2, 0.25) is 0 Å². The van der Waals surface area contributed by atoms with E-state index in [0.29, 0.717) is 31.4 Å². The number of fused-ring (bicyclic) bond motifs is 1. The Morgan fingerprint density at radius 1 is 1.02 bits per heavy atom. The number of benzene rings is 2. The molecule has 5 aromatic rings. The predicted molar refractivity (Wildman–Crippen MR) is 181 cm³/mol. The lowest BCUT2D eigenvalue weighted by Gasteiger charge is -2.32. The van der Waals surface area contributed by atoms with Crippen LogP contribution in [0.3, 0.4) is 0 Å². The number of likely N-dealkylation sites (tertiary alicyclic amines) is 1. The number of nitrogens with zero attached hydrogens (tertiary/aromatic N) is 5. The first-order valence-corrected chi connectivity index (χ1v) is 16.2. The summed E-state index contributed by atoms with van der Waals surface area (Å²) >= 11 is 0. The standard InChI is InChI=1S/C36H41N7O4/c1-41-20-29(19-39-41)28-17-31(35(37)38-18-28)36(45)40-32-22-46-23-34(32)47-21-24-2-4-25(5-3-24)26-6-7-33-27(16-26)8-13-43(33)30-9-11-42(12-10-30)14-15-44/h2-8,13,16-20,30,32,34,44H,9-12,14-15,21-23H2,1H3,(H2,37,38)(H,40,45)/t32-,34-/m0/s1. The van der Waals surface area contributed by atoms with Crippen molar-refractivity contribution in [1.82, 2.24) is 29.5 Å². The Kier molecular flexibility index (Phi) is 9.03. The zero-order chi connectivity index (χ0) is 32.3. The lowest BCUT2D eigenvalue weighted by Crippen LogP contribution is -2.44. The minimum atomic E-state index is -0.315. The van der Waals surface area contributed by atoms with Crippen molar-refractivity contribution in [3.05, 3.63) is 90.5 Å². The number of aliphatic hydroxyl groups excluding tert-OH is 1. The van der Waals surface area contributed by atoms with Crippen molar-refractivity contribution in [2.75, 3.05) is 45.2 Å². The van der Waals surface area contributed by atoms with Gasteiger partial charge in [0.15, 0.2) is 0 Å². The summed E-state index contributed by atoms with van der Waals surface area (Å²) in [5.41, 5.74) is 12.6. The number of anilines is 1. The number of nitrogens with two attached hydrogens (primary N) is 1. The van der Waals surface area contributed by atoms with Gasteiger partial charge in [-0.15, -0.1) is 0 Å². The fraction of sp³-hybridized carbons (Fsp3) is 0.361. The Morgan fingerprint density at radius 2 is 1.83 bits per heavy atom. The maximum Gasteiger partial charge on any atom is 0.255 e. The molecular formula is C36H41N7O4. The number of aromatic nitrogens is 4. The van der Waals surface area contributed by atoms with Gasteiger partial charge in [0.05, 0.1) is 44.2 Å². The number of piperidine rings is 1. The molecule has 2 aliphatic rings. The van der Waals surface area contributed by atoms with Crippen LogP contribution in [0.5, 0.6) is 0 Å². The van der Waals surface area contributed by atoms with Gasteiger partial charge in [0.1, 0.15) is 11.9 Å². The number of hydrogen-bond acceptors (Lipinski definition) is 8. The molecule has 2 aromatic carbocycles. The third-order valence-electron chi connectivity index (χ3n) is 9.38. The number of nitrogens with one attached hydrogen (secondary N) is 1. The number of ether oxygens (including phenoxy) is 2. The van der Waals surface area contributed by atoms with E-state index in [9.17, 15) is 9.90 Å². The highest BCUT2D eigenvalue weighted by atomic mass is 16.5. The summed E-state index contributed by atoms with van der Waals surface area (Å²) in [6, 6.07) is 19.2. The highest BCUT2D eigenvalue weighted by molar-refractivity contribution is 5.99. The van der Waals surface area contributed by atoms with Gasteiger partial charge < -0.3 is 35.1 Å². The second kappa shape index (κ2) is 13.7. The van der Waals surface area contributed by atoms with Crippen molar-refractivity contribution in [2.45, 2.75) is 37.6 Å². The van der Waals surface area contributed by atoms with Gasteiger partial charge in [-0.2, -0.15) is 5.10 Å². The number of β-amino-alcohol motifs (C(OH)–C–C–N with tert-alkyl or cyclic N) is 1. The first-order chi connectivity index (χ1) is 22.9. The zero-order valence-corrected chi connectivity index (χ0v) is 26.6. The van der Waals surface area contributed by atoms with E-state index in [-0.39, 0.29) is 30.5 Å². The van der Waals surface area contributed by atoms with E-state index in [0.717, 1.165) is 54.7 Å². The van der Waals surface area contributed by atoms with Crippen LogP contribution in [0.4, 0.5) is 5.82 Å². The molecule has 0 aliphatic carbocycles. The Hall–Kier alpha value is -4.55. The van der Waals surface area contributed by atoms with Gasteiger partial charge in [-0.25, -0.2) is 4.98 Å². The molecule has 244 valence electrons. The van der Waals surface area contributed by atoms with Crippen molar-refractivity contribution in [2.24, 2.45) is 7.05 Å². The van der Waals surface area contributed by atoms with Gasteiger partial charge >= 0.3 is 0 Å². The lowest BCUT2D eigenvalue weighted by molar-refractivity contribution is 0.0218. The molecule has 11 heteroatoms. The third kappa shape index (κ3) is 6.79. The van der Waals surface area contributed by atoms with E-state index in [2.05, 4.69) is 79.6 Å². The number of rotatable bonds is 10. The topological polar surface area (TPSA) is 133 Å². The number of nitrogen functional groups attached to an aromatic ring is 1. The van der Waals surface area contributed by atoms with E-state index in [1.54, 1.807) is 23.1 Å². The van der Waals surface area contributed by atoms with Crippen LogP contribution in [0.1, 0.15) is 34.8 Å². The quantitative estimate of drug-likeness (QED) is 0.210. The van der Waals surface area contributed by atoms with Gasteiger partial charge in [-0.1, -0.05) is 30.3 Å². The highest BCUT2D eigenvalue weighted by Crippen LogP contribution is 2.31. The summed E-state index contributed by atoms with van der Waals surface area (Å²) < 4.78 is 16.0. The molecule has 0 spiro atoms. The maximum atomic E-state index is 13.2. The molecule has 2 saturated heterocycles. The van der Waals surface area contributed by atoms with Crippen LogP contribution in [0.15, 0.2) is 79.4 Å². The van der Waals surface area contributed by atoms with Crippen LogP contribution in [0.25, 0.3) is 33.2 Å². The molecule has 4 N–H and O–H groups in total. The Labute approximate surface area is 273 Å². The van der Waals surface area contributed by atoms with Crippen molar-refractivity contribution < 1.29 is 19.4 Å². The SMILES string of the molecule is Cn1cc(-c2cnc(N)c(C(=O)N[C@H]3COC[C@@H]3OCc3ccc(-c4ccc5c(ccn5C5CCN(CCO)CC5)c4)cc3)c2)cn1. The summed E-state index contributed by atoms with van der Waals surface area (Å²) in [5.74, 6) is -0.149. The highest BCUT2D eigenvalue weighted by Gasteiger charge is 2.31. The first kappa shape index (κ1) is 31.1. The molecule has 1 amide bonds. The molecule has 7 rings (SSSR count). The average molecular weight is 636 g/mol. The molecule has 2 atom stereocenters. The average Bonchev–Trinajstić information content (AvgIpc) is 3.84. The number of pyridine rings is 1. The Morgan fingerprint density at radius 3 is 2.60 bits per heavy atom. The van der Waals surface area contributed by atoms with E-state index >= 15 is 0 Å². The second-order valence-corrected chi connectivity index (χ2v) is 12.5. The maximum absolute atomic E-state index is 13.2. The number of carbonyl (C=O) groups is 1. The summed E-state index contributed by atoms with van der Waals surface area (Å²) in [5, 5.41) is 17.7. The van der Waals surface area contributed by atoms with Gasteiger partial charge in [-0.3, -0.25) is 9.48 Å². The Balaban J connectivity index is 0.956. The minimum absolute atomic E-state index is 0.166. The van der Waals surface area contributed by atoms with E-state index in [1.165, 1.54) is 16.5 Å². The number of aryl methyl sites for hydroxylation is 1. The van der Waals surface area contributed by atoms with Crippen LogP contribution in [0.2, 0.25) is 0 Å². The largest absolute Gasteiger partial charge is 0.395 e. The fourth-order valence-corrected chi connectivity index (χ4v) is 6.69. The molecule has 2 aliphatic heterocycles. The summed E-state index contributed by atoms with van der Waals surface area (Å²) in [6.07, 6.45) is 9.35. The van der Waals surface area contributed by atoms with Crippen LogP contribution in [-0.2, 0) is 23.1 Å². The van der Waals surface area contributed by atoms with Crippen LogP contribution >= 0.6 is 0 Å². The molecule has 0 saturated carbocycles. The van der Waals surface area contributed by atoms with Gasteiger partial charge in [0, 0.05) is 73.3 Å². The van der Waals surface area contributed by atoms with Crippen LogP contribution in [0, 0.1) is 0 Å². The molecule has 47 heavy (non-hydrogen) atoms. The molecule has 0 unspecified atom stereocenters. The van der Waals surface area contributed by atoms with E-state index in [1.807, 2.05) is 13.2 Å². The molecular weight excluding hydrogens is 594 g/mol. The molecule has 5 heterocycles. The minimum Gasteiger partial charge on any atom is -0.395 e. The van der Waals surface area contributed by atoms with E-state index < -0.39 is 0 Å². The lowest BCUT2D eigenvalue weighted by atomic mass is 10.0. The van der Waals surface area contributed by atoms with Crippen molar-refractivity contribution in [3.8, 4) is 22.3 Å². The fourth-order valence-electron chi connectivity index (χ4n) is 6.69. The van der Waals surface area contributed by atoms with Crippen LogP contribution < -0.4 is 11.1 Å². The predicted octanol–water partition coefficient (Wildman–Crippen LogP) is 4.03. The first-order valence-electron chi connectivity index (χ1n) is 16.2. The smallest absolute Gasteiger partial charge is 0.255 e. The number of carbonyl (C=O) groups excluding carboxylic acids is 1. The molecule has 11 nitrogen and oxygen atoms in total. The van der Waals surface area contributed by atoms with Crippen molar-refractivity contribution in [3.63, 3.8) is 0 Å². The van der Waals surface area contributed by atoms with Gasteiger partial charge in [0.25, 0.3) is 5.91 Å². The molecule has 2 fully saturated rings. The molecule has 3 aromatic heterocycles. The molecule has 0 bridgehead atoms. The molecule has 0 radical (unpaired) electrons. The summed E-state index contributed by atoms with van der Waals surface area (Å²) in [7, 11) is 1.84. The number of aliphatic hydroxyl groups is 1. The summed E-state index contributed by atoms with van der Waals surface area (Å²) in [6.45, 7) is 4.20. The van der Waals surface area contributed by atoms with E-state index in [4.69, 9.17) is 15.2 Å². The van der Waals surface area contributed by atoms with Gasteiger partial charge in [-0.05, 0) is 53.8 Å². The second-order valence-electron chi connectivity index (χ2n) is 12.5. The monoisotopic (exact) mass is 635 g/mol. The summed E-state index contributed by atoms with van der Waals surface area (Å²) in [4.78, 5) is 19.8. The zero-order valence-electron chi connectivity index (χ0n) is 26.6. The van der Waals surface area contributed by atoms with Crippen LogP contribution in [-0.4, -0.2) is 86.8 Å². The number of amides is 1.